The van der Waals surface area contributed by atoms with Crippen LogP contribution in [0.4, 0.5) is 17.3 Å². The Hall–Kier alpha value is -3.14. The zero-order valence-electron chi connectivity index (χ0n) is 20.2. The first-order valence-corrected chi connectivity index (χ1v) is 12.5. The summed E-state index contributed by atoms with van der Waals surface area (Å²) in [5.74, 6) is -0.436. The Bertz CT molecular complexity index is 1510. The number of aliphatic hydroxyl groups is 1. The second kappa shape index (κ2) is 10.7. The highest BCUT2D eigenvalue weighted by molar-refractivity contribution is 6.35. The van der Waals surface area contributed by atoms with E-state index in [-0.39, 0.29) is 28.6 Å². The van der Waals surface area contributed by atoms with Crippen LogP contribution in [0, 0.1) is 6.92 Å². The summed E-state index contributed by atoms with van der Waals surface area (Å²) in [5.41, 5.74) is 2.14. The minimum absolute atomic E-state index is 0.223. The number of hydrogen-bond donors (Lipinski definition) is 5. The molecule has 0 spiro atoms. The Morgan fingerprint density at radius 2 is 1.81 bits per heavy atom. The number of aromatic nitrogens is 2. The van der Waals surface area contributed by atoms with E-state index in [1.54, 1.807) is 63.2 Å². The van der Waals surface area contributed by atoms with Crippen LogP contribution in [-0.4, -0.2) is 39.0 Å². The maximum Gasteiger partial charge on any atom is 0.349 e. The topological polar surface area (TPSA) is 124 Å². The Kier molecular flexibility index (Phi) is 7.77. The molecule has 6 N–H and O–H groups in total. The first kappa shape index (κ1) is 26.9. The second-order valence-electron chi connectivity index (χ2n) is 9.22. The lowest BCUT2D eigenvalue weighted by Crippen LogP contribution is -2.82. The van der Waals surface area contributed by atoms with Gasteiger partial charge in [0.25, 0.3) is 5.91 Å². The molecule has 0 atom stereocenters. The largest absolute Gasteiger partial charge is 0.389 e. The van der Waals surface area contributed by atoms with E-state index in [2.05, 4.69) is 20.6 Å². The van der Waals surface area contributed by atoms with Gasteiger partial charge in [0.1, 0.15) is 11.2 Å². The smallest absolute Gasteiger partial charge is 0.349 e. The van der Waals surface area contributed by atoms with Crippen LogP contribution in [0.1, 0.15) is 40.1 Å². The van der Waals surface area contributed by atoms with E-state index >= 15 is 0 Å². The summed E-state index contributed by atoms with van der Waals surface area (Å²) in [4.78, 5) is 34.1. The number of benzene rings is 3. The molecule has 0 saturated carbocycles. The van der Waals surface area contributed by atoms with Crippen LogP contribution in [0.15, 0.2) is 48.5 Å². The van der Waals surface area contributed by atoms with Crippen LogP contribution < -0.4 is 16.0 Å². The molecule has 0 bridgehead atoms. The molecule has 0 aliphatic heterocycles. The van der Waals surface area contributed by atoms with Crippen molar-refractivity contribution in [2.24, 2.45) is 0 Å². The van der Waals surface area contributed by atoms with Crippen LogP contribution in [0.2, 0.25) is 15.1 Å². The fourth-order valence-corrected chi connectivity index (χ4v) is 4.19. The molecule has 11 heteroatoms. The van der Waals surface area contributed by atoms with Crippen molar-refractivity contribution >= 4 is 75.0 Å². The number of halogens is 3. The zero-order chi connectivity index (χ0) is 26.9. The maximum atomic E-state index is 13.4. The molecule has 37 heavy (non-hydrogen) atoms. The number of imidazole rings is 1. The number of carbonyl (C=O) groups excluding carboxylic acids is 2. The SMILES string of the molecule is Cc1c(Cl)cccc1NC(=O)c1cc([NH2+]C(=O)c2cc(Cl)ccc2Cl)cc2[nH]c(NCC(C)(C)O)nc12. The molecule has 0 fully saturated rings. The lowest BCUT2D eigenvalue weighted by Gasteiger charge is -2.16. The molecule has 192 valence electrons. The van der Waals surface area contributed by atoms with Gasteiger partial charge < -0.3 is 20.7 Å². The third-order valence-corrected chi connectivity index (χ3v) is 6.52. The normalized spacial score (nSPS) is 11.5. The predicted octanol–water partition coefficient (Wildman–Crippen LogP) is 5.30. The minimum Gasteiger partial charge on any atom is -0.389 e. The van der Waals surface area contributed by atoms with Gasteiger partial charge >= 0.3 is 5.91 Å². The Morgan fingerprint density at radius 1 is 1.05 bits per heavy atom. The van der Waals surface area contributed by atoms with Gasteiger partial charge in [0.2, 0.25) is 5.95 Å². The summed E-state index contributed by atoms with van der Waals surface area (Å²) in [7, 11) is 0. The first-order chi connectivity index (χ1) is 17.4. The number of primary amides is 1. The fourth-order valence-electron chi connectivity index (χ4n) is 3.63. The molecule has 8 nitrogen and oxygen atoms in total. The molecule has 4 aromatic rings. The summed E-state index contributed by atoms with van der Waals surface area (Å²) in [5, 5.41) is 18.5. The number of rotatable bonds is 7. The molecule has 0 radical (unpaired) electrons. The molecule has 3 aromatic carbocycles. The minimum atomic E-state index is -0.981. The van der Waals surface area contributed by atoms with E-state index in [0.717, 1.165) is 5.56 Å². The van der Waals surface area contributed by atoms with Gasteiger partial charge in [-0.15, -0.1) is 0 Å². The van der Waals surface area contributed by atoms with Crippen molar-refractivity contribution in [3.8, 4) is 0 Å². The summed E-state index contributed by atoms with van der Waals surface area (Å²) in [6, 6.07) is 13.1. The van der Waals surface area contributed by atoms with E-state index in [1.165, 1.54) is 11.4 Å². The van der Waals surface area contributed by atoms with Crippen molar-refractivity contribution in [3.05, 3.63) is 80.3 Å². The number of anilines is 2. The number of aromatic amines is 1. The van der Waals surface area contributed by atoms with Crippen LogP contribution in [0.3, 0.4) is 0 Å². The summed E-state index contributed by atoms with van der Waals surface area (Å²) < 4.78 is 0. The third-order valence-electron chi connectivity index (χ3n) is 5.55. The maximum absolute atomic E-state index is 13.4. The van der Waals surface area contributed by atoms with Crippen LogP contribution in [0.5, 0.6) is 0 Å². The highest BCUT2D eigenvalue weighted by Crippen LogP contribution is 2.27. The molecule has 1 aromatic heterocycles. The molecule has 0 aliphatic rings. The van der Waals surface area contributed by atoms with E-state index in [0.29, 0.717) is 38.4 Å². The number of nitrogens with two attached hydrogens (primary N) is 1. The van der Waals surface area contributed by atoms with Gasteiger partial charge in [0, 0.05) is 34.4 Å². The van der Waals surface area contributed by atoms with Gasteiger partial charge in [0.05, 0.1) is 27.3 Å². The number of nitrogens with zero attached hydrogens (tertiary/aromatic N) is 1. The van der Waals surface area contributed by atoms with Crippen molar-refractivity contribution < 1.29 is 20.0 Å². The number of amides is 2. The number of hydrogen-bond acceptors (Lipinski definition) is 5. The Labute approximate surface area is 228 Å². The average molecular weight is 562 g/mol. The van der Waals surface area contributed by atoms with Gasteiger partial charge in [-0.25, -0.2) is 15.1 Å². The van der Waals surface area contributed by atoms with Crippen LogP contribution in [-0.2, 0) is 0 Å². The van der Waals surface area contributed by atoms with E-state index in [1.807, 2.05) is 0 Å². The zero-order valence-corrected chi connectivity index (χ0v) is 22.5. The van der Waals surface area contributed by atoms with Crippen molar-refractivity contribution in [2.45, 2.75) is 26.4 Å². The van der Waals surface area contributed by atoms with Crippen molar-refractivity contribution in [1.29, 1.82) is 0 Å². The number of H-pyrrole nitrogens is 1. The predicted molar refractivity (Wildman–Crippen MR) is 147 cm³/mol. The van der Waals surface area contributed by atoms with E-state index < -0.39 is 11.5 Å². The van der Waals surface area contributed by atoms with E-state index in [4.69, 9.17) is 34.8 Å². The lowest BCUT2D eigenvalue weighted by molar-refractivity contribution is -0.463. The lowest BCUT2D eigenvalue weighted by atomic mass is 10.1. The molecule has 4 rings (SSSR count). The number of quaternary nitrogens is 1. The standard InChI is InChI=1S/C26H24Cl3N5O3/c1-13-18(28)5-4-6-20(13)32-24(36)17-10-15(31-23(35)16-9-14(27)7-8-19(16)29)11-21-22(17)34-25(33-21)30-12-26(2,3)37/h4-11,37H,12H2,1-3H3,(H,31,35)(H,32,36)(H2,30,33,34)/p+1. The quantitative estimate of drug-likeness (QED) is 0.196. The molecule has 2 amide bonds. The van der Waals surface area contributed by atoms with Crippen molar-refractivity contribution in [3.63, 3.8) is 0 Å². The van der Waals surface area contributed by atoms with Crippen LogP contribution in [0.25, 0.3) is 11.0 Å². The van der Waals surface area contributed by atoms with Crippen molar-refractivity contribution in [1.82, 2.24) is 9.97 Å². The number of nitrogens with one attached hydrogen (secondary N) is 3. The van der Waals surface area contributed by atoms with Gasteiger partial charge in [-0.05, 0) is 56.7 Å². The van der Waals surface area contributed by atoms with Gasteiger partial charge in [-0.2, -0.15) is 0 Å². The third kappa shape index (κ3) is 6.41. The summed E-state index contributed by atoms with van der Waals surface area (Å²) in [6.07, 6.45) is 0. The molecule has 0 unspecified atom stereocenters. The van der Waals surface area contributed by atoms with Crippen molar-refractivity contribution in [2.75, 3.05) is 17.2 Å². The fraction of sp³-hybridized carbons (Fsp3) is 0.192. The Balaban J connectivity index is 1.73. The highest BCUT2D eigenvalue weighted by atomic mass is 35.5. The monoisotopic (exact) mass is 560 g/mol. The Morgan fingerprint density at radius 3 is 2.54 bits per heavy atom. The number of carbonyl (C=O) groups is 2. The average Bonchev–Trinajstić information content (AvgIpc) is 3.24. The van der Waals surface area contributed by atoms with Crippen LogP contribution >= 0.6 is 34.8 Å². The van der Waals surface area contributed by atoms with Gasteiger partial charge in [0.15, 0.2) is 0 Å². The first-order valence-electron chi connectivity index (χ1n) is 11.3. The highest BCUT2D eigenvalue weighted by Gasteiger charge is 2.22. The summed E-state index contributed by atoms with van der Waals surface area (Å²) in [6.45, 7) is 5.35. The molecule has 0 aliphatic carbocycles. The second-order valence-corrected chi connectivity index (χ2v) is 10.5. The van der Waals surface area contributed by atoms with E-state index in [9.17, 15) is 14.7 Å². The molecular formula is C26H25Cl3N5O3+. The molecule has 0 saturated heterocycles. The summed E-state index contributed by atoms with van der Waals surface area (Å²) >= 11 is 18.5. The molecular weight excluding hydrogens is 537 g/mol. The van der Waals surface area contributed by atoms with Gasteiger partial charge in [-0.1, -0.05) is 40.9 Å². The number of fused-ring (bicyclic) bond motifs is 1. The molecule has 1 heterocycles. The van der Waals surface area contributed by atoms with Gasteiger partial charge in [-0.3, -0.25) is 4.79 Å².